The van der Waals surface area contributed by atoms with Crippen LogP contribution in [0, 0.1) is 0 Å². The van der Waals surface area contributed by atoms with Gasteiger partial charge in [0.2, 0.25) is 0 Å². The van der Waals surface area contributed by atoms with E-state index in [1.54, 1.807) is 0 Å². The second-order valence-corrected chi connectivity index (χ2v) is 2.41. The molecular weight excluding hydrogens is 160 g/mol. The fraction of sp³-hybridized carbons (Fsp3) is 0.429. The van der Waals surface area contributed by atoms with Crippen LogP contribution in [-0.4, -0.2) is 46.7 Å². The molecule has 1 N–H and O–H groups in total. The van der Waals surface area contributed by atoms with Crippen molar-refractivity contribution in [3.05, 3.63) is 12.7 Å². The summed E-state index contributed by atoms with van der Waals surface area (Å²) >= 11 is 0. The standard InChI is InChI=1S/C7H10N2O3/c1-2-3-8-4-6(11)9(5-10)7(8)12/h2,10H,1,3-5H2. The quantitative estimate of drug-likeness (QED) is 0.454. The molecule has 0 bridgehead atoms. The fourth-order valence-corrected chi connectivity index (χ4v) is 1.03. The number of amides is 3. The van der Waals surface area contributed by atoms with Gasteiger partial charge in [-0.15, -0.1) is 6.58 Å². The molecule has 0 aromatic carbocycles. The van der Waals surface area contributed by atoms with Crippen LogP contribution in [0.4, 0.5) is 4.79 Å². The molecule has 1 saturated heterocycles. The van der Waals surface area contributed by atoms with Crippen molar-refractivity contribution in [2.24, 2.45) is 0 Å². The molecule has 0 aromatic heterocycles. The van der Waals surface area contributed by atoms with E-state index in [1.165, 1.54) is 11.0 Å². The van der Waals surface area contributed by atoms with E-state index in [1.807, 2.05) is 0 Å². The molecule has 0 radical (unpaired) electrons. The van der Waals surface area contributed by atoms with Crippen molar-refractivity contribution < 1.29 is 14.7 Å². The summed E-state index contributed by atoms with van der Waals surface area (Å²) in [5.41, 5.74) is 0. The van der Waals surface area contributed by atoms with Gasteiger partial charge in [-0.3, -0.25) is 4.79 Å². The van der Waals surface area contributed by atoms with E-state index in [2.05, 4.69) is 6.58 Å². The lowest BCUT2D eigenvalue weighted by Gasteiger charge is -2.12. The minimum absolute atomic E-state index is 0.0331. The molecule has 5 heteroatoms. The van der Waals surface area contributed by atoms with Crippen molar-refractivity contribution in [1.29, 1.82) is 0 Å². The summed E-state index contributed by atoms with van der Waals surface area (Å²) in [6, 6.07) is -0.456. The lowest BCUT2D eigenvalue weighted by atomic mass is 10.5. The SMILES string of the molecule is C=CCN1CC(=O)N(CO)C1=O. The zero-order valence-corrected chi connectivity index (χ0v) is 6.56. The number of imide groups is 1. The van der Waals surface area contributed by atoms with Gasteiger partial charge in [0.25, 0.3) is 5.91 Å². The summed E-state index contributed by atoms with van der Waals surface area (Å²) in [5, 5.41) is 8.62. The predicted octanol–water partition coefficient (Wildman–Crippen LogP) is -0.614. The molecule has 1 heterocycles. The van der Waals surface area contributed by atoms with Crippen LogP contribution < -0.4 is 0 Å². The number of aliphatic hydroxyl groups is 1. The van der Waals surface area contributed by atoms with Gasteiger partial charge >= 0.3 is 6.03 Å². The third-order valence-electron chi connectivity index (χ3n) is 1.62. The van der Waals surface area contributed by atoms with E-state index in [9.17, 15) is 9.59 Å². The summed E-state index contributed by atoms with van der Waals surface area (Å²) in [7, 11) is 0. The van der Waals surface area contributed by atoms with Crippen LogP contribution in [0.5, 0.6) is 0 Å². The Labute approximate surface area is 69.9 Å². The zero-order chi connectivity index (χ0) is 9.14. The number of carbonyl (C=O) groups excluding carboxylic acids is 2. The Morgan fingerprint density at radius 2 is 2.25 bits per heavy atom. The molecule has 5 nitrogen and oxygen atoms in total. The van der Waals surface area contributed by atoms with Crippen molar-refractivity contribution in [2.75, 3.05) is 19.8 Å². The first kappa shape index (κ1) is 8.73. The molecule has 0 aromatic rings. The highest BCUT2D eigenvalue weighted by Crippen LogP contribution is 2.08. The highest BCUT2D eigenvalue weighted by atomic mass is 16.3. The zero-order valence-electron chi connectivity index (χ0n) is 6.56. The Morgan fingerprint density at radius 3 is 2.67 bits per heavy atom. The minimum atomic E-state index is -0.550. The van der Waals surface area contributed by atoms with Gasteiger partial charge in [0.05, 0.1) is 0 Å². The minimum Gasteiger partial charge on any atom is -0.376 e. The van der Waals surface area contributed by atoms with E-state index in [0.717, 1.165) is 4.90 Å². The first-order chi connectivity index (χ1) is 5.70. The lowest BCUT2D eigenvalue weighted by molar-refractivity contribution is -0.127. The van der Waals surface area contributed by atoms with Crippen LogP contribution in [0.1, 0.15) is 0 Å². The normalized spacial score (nSPS) is 17.4. The number of urea groups is 1. The highest BCUT2D eigenvalue weighted by molar-refractivity contribution is 6.01. The molecule has 0 saturated carbocycles. The first-order valence-corrected chi connectivity index (χ1v) is 3.51. The molecule has 1 rings (SSSR count). The summed E-state index contributed by atoms with van der Waals surface area (Å²) in [6.07, 6.45) is 1.53. The molecule has 1 fully saturated rings. The summed E-state index contributed by atoms with van der Waals surface area (Å²) in [6.45, 7) is 3.27. The van der Waals surface area contributed by atoms with Crippen LogP contribution in [0.25, 0.3) is 0 Å². The van der Waals surface area contributed by atoms with E-state index >= 15 is 0 Å². The van der Waals surface area contributed by atoms with Gasteiger partial charge < -0.3 is 10.0 Å². The number of hydrogen-bond acceptors (Lipinski definition) is 3. The average Bonchev–Trinajstić information content (AvgIpc) is 2.29. The van der Waals surface area contributed by atoms with Crippen molar-refractivity contribution in [3.63, 3.8) is 0 Å². The predicted molar refractivity (Wildman–Crippen MR) is 41.1 cm³/mol. The molecule has 0 atom stereocenters. The summed E-state index contributed by atoms with van der Waals surface area (Å²) < 4.78 is 0. The summed E-state index contributed by atoms with van der Waals surface area (Å²) in [5.74, 6) is -0.371. The second kappa shape index (κ2) is 3.36. The second-order valence-electron chi connectivity index (χ2n) is 2.41. The Kier molecular flexibility index (Phi) is 2.44. The molecule has 0 unspecified atom stereocenters. The maximum atomic E-state index is 11.2. The maximum absolute atomic E-state index is 11.2. The molecule has 1 aliphatic rings. The van der Waals surface area contributed by atoms with Gasteiger partial charge in [-0.2, -0.15) is 0 Å². The first-order valence-electron chi connectivity index (χ1n) is 3.51. The van der Waals surface area contributed by atoms with E-state index in [-0.39, 0.29) is 12.5 Å². The number of nitrogens with zero attached hydrogens (tertiary/aromatic N) is 2. The lowest BCUT2D eigenvalue weighted by Crippen LogP contribution is -2.33. The molecular formula is C7H10N2O3. The van der Waals surface area contributed by atoms with Gasteiger partial charge in [0.1, 0.15) is 13.3 Å². The van der Waals surface area contributed by atoms with Gasteiger partial charge in [-0.1, -0.05) is 6.08 Å². The van der Waals surface area contributed by atoms with Gasteiger partial charge in [0, 0.05) is 6.54 Å². The molecule has 12 heavy (non-hydrogen) atoms. The topological polar surface area (TPSA) is 60.9 Å². The average molecular weight is 170 g/mol. The number of rotatable bonds is 3. The number of hydrogen-bond donors (Lipinski definition) is 1. The van der Waals surface area contributed by atoms with Gasteiger partial charge in [0.15, 0.2) is 0 Å². The molecule has 66 valence electrons. The van der Waals surface area contributed by atoms with Crippen molar-refractivity contribution >= 4 is 11.9 Å². The van der Waals surface area contributed by atoms with Crippen molar-refractivity contribution in [3.8, 4) is 0 Å². The molecule has 3 amide bonds. The molecule has 0 spiro atoms. The number of aliphatic hydroxyl groups excluding tert-OH is 1. The number of carbonyl (C=O) groups is 2. The monoisotopic (exact) mass is 170 g/mol. The highest BCUT2D eigenvalue weighted by Gasteiger charge is 2.34. The third-order valence-corrected chi connectivity index (χ3v) is 1.62. The van der Waals surface area contributed by atoms with Crippen LogP contribution >= 0.6 is 0 Å². The largest absolute Gasteiger partial charge is 0.376 e. The van der Waals surface area contributed by atoms with Crippen molar-refractivity contribution in [2.45, 2.75) is 0 Å². The molecule has 1 aliphatic heterocycles. The molecule has 0 aliphatic carbocycles. The van der Waals surface area contributed by atoms with Crippen LogP contribution in [0.3, 0.4) is 0 Å². The van der Waals surface area contributed by atoms with E-state index in [4.69, 9.17) is 5.11 Å². The van der Waals surface area contributed by atoms with Crippen molar-refractivity contribution in [1.82, 2.24) is 9.80 Å². The van der Waals surface area contributed by atoms with Crippen LogP contribution in [0.15, 0.2) is 12.7 Å². The van der Waals surface area contributed by atoms with Gasteiger partial charge in [-0.25, -0.2) is 9.69 Å². The van der Waals surface area contributed by atoms with Crippen LogP contribution in [-0.2, 0) is 4.79 Å². The van der Waals surface area contributed by atoms with E-state index in [0.29, 0.717) is 6.54 Å². The maximum Gasteiger partial charge on any atom is 0.329 e. The van der Waals surface area contributed by atoms with E-state index < -0.39 is 12.8 Å². The van der Waals surface area contributed by atoms with Crippen LogP contribution in [0.2, 0.25) is 0 Å². The Hall–Kier alpha value is -1.36. The summed E-state index contributed by atoms with van der Waals surface area (Å²) in [4.78, 5) is 24.2. The van der Waals surface area contributed by atoms with Gasteiger partial charge in [-0.05, 0) is 0 Å². The fourth-order valence-electron chi connectivity index (χ4n) is 1.03. The smallest absolute Gasteiger partial charge is 0.329 e. The Morgan fingerprint density at radius 1 is 1.58 bits per heavy atom. The third kappa shape index (κ3) is 1.31. The Bertz CT molecular complexity index is 227. The Balaban J connectivity index is 2.68.